The maximum Gasteiger partial charge on any atom is 0.407 e. The van der Waals surface area contributed by atoms with Crippen molar-refractivity contribution in [3.8, 4) is 0 Å². The second kappa shape index (κ2) is 8.74. The lowest BCUT2D eigenvalue weighted by molar-refractivity contribution is -0.141. The Kier molecular flexibility index (Phi) is 8.14. The van der Waals surface area contributed by atoms with E-state index < -0.39 is 11.7 Å². The van der Waals surface area contributed by atoms with Gasteiger partial charge in [-0.1, -0.05) is 6.42 Å². The van der Waals surface area contributed by atoms with Crippen LogP contribution in [0.1, 0.15) is 46.5 Å². The van der Waals surface area contributed by atoms with Crippen molar-refractivity contribution in [3.63, 3.8) is 0 Å². The van der Waals surface area contributed by atoms with Gasteiger partial charge in [-0.2, -0.15) is 0 Å². The van der Waals surface area contributed by atoms with Gasteiger partial charge in [0.05, 0.1) is 13.5 Å². The Balaban J connectivity index is 4.31. The van der Waals surface area contributed by atoms with Crippen molar-refractivity contribution in [3.05, 3.63) is 0 Å². The standard InChI is InChI=1S/C13H26N2O4/c1-13(2,3)19-12(17)15-10(7-5-6-8-14)9-11(16)18-4/h10H,5-9,14H2,1-4H3,(H,15,17)/t10-/m0/s1. The van der Waals surface area contributed by atoms with Gasteiger partial charge in [0.15, 0.2) is 0 Å². The third kappa shape index (κ3) is 10.3. The van der Waals surface area contributed by atoms with Crippen LogP contribution in [0.5, 0.6) is 0 Å². The highest BCUT2D eigenvalue weighted by Crippen LogP contribution is 2.10. The van der Waals surface area contributed by atoms with Gasteiger partial charge in [0.1, 0.15) is 5.60 Å². The lowest BCUT2D eigenvalue weighted by Crippen LogP contribution is -2.40. The first-order valence-corrected chi connectivity index (χ1v) is 6.55. The Hall–Kier alpha value is -1.30. The second-order valence-electron chi connectivity index (χ2n) is 5.41. The molecule has 6 heteroatoms. The summed E-state index contributed by atoms with van der Waals surface area (Å²) in [6.07, 6.45) is 1.99. The number of methoxy groups -OCH3 is 1. The van der Waals surface area contributed by atoms with E-state index in [4.69, 9.17) is 10.5 Å². The van der Waals surface area contributed by atoms with Crippen LogP contribution in [0, 0.1) is 0 Å². The van der Waals surface area contributed by atoms with Gasteiger partial charge in [-0.25, -0.2) is 4.79 Å². The largest absolute Gasteiger partial charge is 0.469 e. The minimum atomic E-state index is -0.558. The summed E-state index contributed by atoms with van der Waals surface area (Å²) in [4.78, 5) is 22.9. The Morgan fingerprint density at radius 2 is 1.89 bits per heavy atom. The molecule has 0 fully saturated rings. The number of nitrogens with one attached hydrogen (secondary N) is 1. The molecule has 3 N–H and O–H groups in total. The lowest BCUT2D eigenvalue weighted by atomic mass is 10.1. The summed E-state index contributed by atoms with van der Waals surface area (Å²) < 4.78 is 9.78. The van der Waals surface area contributed by atoms with Crippen molar-refractivity contribution in [1.82, 2.24) is 5.32 Å². The average Bonchev–Trinajstić information content (AvgIpc) is 2.26. The molecule has 1 atom stereocenters. The summed E-state index contributed by atoms with van der Waals surface area (Å²) in [6, 6.07) is -0.283. The number of esters is 1. The number of unbranched alkanes of at least 4 members (excludes halogenated alkanes) is 1. The Bertz CT molecular complexity index is 287. The van der Waals surface area contributed by atoms with Crippen LogP contribution in [0.3, 0.4) is 0 Å². The van der Waals surface area contributed by atoms with Crippen LogP contribution in [0.2, 0.25) is 0 Å². The van der Waals surface area contributed by atoms with Gasteiger partial charge in [-0.15, -0.1) is 0 Å². The van der Waals surface area contributed by atoms with Gasteiger partial charge in [0.25, 0.3) is 0 Å². The molecule has 0 radical (unpaired) electrons. The Morgan fingerprint density at radius 3 is 2.37 bits per heavy atom. The number of hydrogen-bond donors (Lipinski definition) is 2. The highest BCUT2D eigenvalue weighted by molar-refractivity contribution is 5.72. The molecule has 0 bridgehead atoms. The highest BCUT2D eigenvalue weighted by Gasteiger charge is 2.21. The fraction of sp³-hybridized carbons (Fsp3) is 0.846. The second-order valence-corrected chi connectivity index (χ2v) is 5.41. The predicted molar refractivity (Wildman–Crippen MR) is 72.7 cm³/mol. The number of rotatable bonds is 7. The van der Waals surface area contributed by atoms with E-state index in [1.165, 1.54) is 7.11 Å². The normalized spacial score (nSPS) is 12.7. The molecule has 0 saturated heterocycles. The van der Waals surface area contributed by atoms with E-state index in [2.05, 4.69) is 10.1 Å². The summed E-state index contributed by atoms with van der Waals surface area (Å²) in [5.41, 5.74) is 4.86. The molecule has 0 spiro atoms. The fourth-order valence-electron chi connectivity index (χ4n) is 1.52. The molecule has 6 nitrogen and oxygen atoms in total. The lowest BCUT2D eigenvalue weighted by Gasteiger charge is -2.23. The molecule has 0 aromatic heterocycles. The number of hydrogen-bond acceptors (Lipinski definition) is 5. The van der Waals surface area contributed by atoms with E-state index >= 15 is 0 Å². The van der Waals surface area contributed by atoms with Gasteiger partial charge in [0, 0.05) is 6.04 Å². The first kappa shape index (κ1) is 17.7. The number of carbonyl (C=O) groups is 2. The number of alkyl carbamates (subject to hydrolysis) is 1. The van der Waals surface area contributed by atoms with Gasteiger partial charge in [-0.3, -0.25) is 4.79 Å². The van der Waals surface area contributed by atoms with Gasteiger partial charge >= 0.3 is 12.1 Å². The summed E-state index contributed by atoms with van der Waals surface area (Å²) in [6.45, 7) is 5.96. The predicted octanol–water partition coefficient (Wildman–Crippen LogP) is 1.57. The molecule has 19 heavy (non-hydrogen) atoms. The van der Waals surface area contributed by atoms with E-state index in [9.17, 15) is 9.59 Å². The molecule has 0 aliphatic heterocycles. The third-order valence-electron chi connectivity index (χ3n) is 2.37. The first-order chi connectivity index (χ1) is 8.78. The van der Waals surface area contributed by atoms with Crippen LogP contribution in [-0.4, -0.2) is 37.4 Å². The third-order valence-corrected chi connectivity index (χ3v) is 2.37. The van der Waals surface area contributed by atoms with E-state index in [0.717, 1.165) is 12.8 Å². The molecule has 0 unspecified atom stereocenters. The first-order valence-electron chi connectivity index (χ1n) is 6.55. The molecule has 0 rings (SSSR count). The Labute approximate surface area is 115 Å². The molecule has 0 aromatic rings. The smallest absolute Gasteiger partial charge is 0.407 e. The maximum atomic E-state index is 11.7. The van der Waals surface area contributed by atoms with Crippen molar-refractivity contribution < 1.29 is 19.1 Å². The number of amides is 1. The van der Waals surface area contributed by atoms with E-state index in [1.54, 1.807) is 20.8 Å². The van der Waals surface area contributed by atoms with Gasteiger partial charge in [0.2, 0.25) is 0 Å². The van der Waals surface area contributed by atoms with Crippen LogP contribution in [0.25, 0.3) is 0 Å². The van der Waals surface area contributed by atoms with Gasteiger partial charge < -0.3 is 20.5 Å². The fourth-order valence-corrected chi connectivity index (χ4v) is 1.52. The molecule has 0 saturated carbocycles. The molecule has 0 aliphatic rings. The van der Waals surface area contributed by atoms with Crippen LogP contribution >= 0.6 is 0 Å². The minimum absolute atomic E-state index is 0.139. The topological polar surface area (TPSA) is 90.6 Å². The van der Waals surface area contributed by atoms with Crippen LogP contribution in [0.15, 0.2) is 0 Å². The van der Waals surface area contributed by atoms with E-state index in [-0.39, 0.29) is 18.4 Å². The molecular weight excluding hydrogens is 248 g/mol. The molecule has 1 amide bonds. The van der Waals surface area contributed by atoms with Crippen LogP contribution < -0.4 is 11.1 Å². The monoisotopic (exact) mass is 274 g/mol. The maximum absolute atomic E-state index is 11.7. The molecule has 0 heterocycles. The van der Waals surface area contributed by atoms with Crippen molar-refractivity contribution in [2.75, 3.05) is 13.7 Å². The summed E-state index contributed by atoms with van der Waals surface area (Å²) in [5, 5.41) is 2.69. The van der Waals surface area contributed by atoms with Crippen molar-refractivity contribution in [1.29, 1.82) is 0 Å². The summed E-state index contributed by atoms with van der Waals surface area (Å²) in [5.74, 6) is -0.353. The highest BCUT2D eigenvalue weighted by atomic mass is 16.6. The molecule has 0 aromatic carbocycles. The van der Waals surface area contributed by atoms with Crippen molar-refractivity contribution in [2.24, 2.45) is 5.73 Å². The van der Waals surface area contributed by atoms with Gasteiger partial charge in [-0.05, 0) is 40.2 Å². The van der Waals surface area contributed by atoms with Crippen LogP contribution in [-0.2, 0) is 14.3 Å². The van der Waals surface area contributed by atoms with Crippen molar-refractivity contribution in [2.45, 2.75) is 58.1 Å². The zero-order chi connectivity index (χ0) is 14.9. The average molecular weight is 274 g/mol. The minimum Gasteiger partial charge on any atom is -0.469 e. The zero-order valence-corrected chi connectivity index (χ0v) is 12.3. The van der Waals surface area contributed by atoms with Crippen molar-refractivity contribution >= 4 is 12.1 Å². The zero-order valence-electron chi connectivity index (χ0n) is 12.3. The molecule has 0 aliphatic carbocycles. The number of ether oxygens (including phenoxy) is 2. The SMILES string of the molecule is COC(=O)C[C@H](CCCCN)NC(=O)OC(C)(C)C. The number of nitrogens with two attached hydrogens (primary N) is 1. The summed E-state index contributed by atoms with van der Waals surface area (Å²) >= 11 is 0. The Morgan fingerprint density at radius 1 is 1.26 bits per heavy atom. The molecule has 112 valence electrons. The van der Waals surface area contributed by atoms with Crippen LogP contribution in [0.4, 0.5) is 4.79 Å². The quantitative estimate of drug-likeness (QED) is 0.543. The summed E-state index contributed by atoms with van der Waals surface area (Å²) in [7, 11) is 1.33. The van der Waals surface area contributed by atoms with E-state index in [0.29, 0.717) is 13.0 Å². The molecular formula is C13H26N2O4. The number of carbonyl (C=O) groups excluding carboxylic acids is 2. The van der Waals surface area contributed by atoms with E-state index in [1.807, 2.05) is 0 Å².